The van der Waals surface area contributed by atoms with Crippen molar-refractivity contribution >= 4 is 0 Å². The molecular formula is C17H22N2O2. The van der Waals surface area contributed by atoms with E-state index in [1.165, 1.54) is 0 Å². The fourth-order valence-corrected chi connectivity index (χ4v) is 2.54. The standard InChI is InChI=1S/C17H22N2O2/c1-11-6-8-14(12(2)19-11)17(18-3)15-9-7-13(20-4)10-16(15)21-5/h6-10,17-18H,1-5H3. The van der Waals surface area contributed by atoms with Crippen LogP contribution in [0.25, 0.3) is 0 Å². The van der Waals surface area contributed by atoms with Gasteiger partial charge in [-0.3, -0.25) is 4.98 Å². The number of benzene rings is 1. The van der Waals surface area contributed by atoms with E-state index in [0.29, 0.717) is 0 Å². The SMILES string of the molecule is CNC(c1ccc(OC)cc1OC)c1ccc(C)nc1C. The first-order valence-electron chi connectivity index (χ1n) is 6.94. The zero-order chi connectivity index (χ0) is 15.4. The molecule has 1 unspecified atom stereocenters. The van der Waals surface area contributed by atoms with E-state index in [0.717, 1.165) is 34.0 Å². The summed E-state index contributed by atoms with van der Waals surface area (Å²) >= 11 is 0. The lowest BCUT2D eigenvalue weighted by Gasteiger charge is -2.22. The van der Waals surface area contributed by atoms with Crippen LogP contribution < -0.4 is 14.8 Å². The second-order valence-electron chi connectivity index (χ2n) is 4.96. The summed E-state index contributed by atoms with van der Waals surface area (Å²) in [5.74, 6) is 1.58. The molecule has 0 fully saturated rings. The summed E-state index contributed by atoms with van der Waals surface area (Å²) < 4.78 is 10.8. The average molecular weight is 286 g/mol. The molecule has 0 amide bonds. The second-order valence-corrected chi connectivity index (χ2v) is 4.96. The number of aryl methyl sites for hydroxylation is 2. The van der Waals surface area contributed by atoms with E-state index in [4.69, 9.17) is 9.47 Å². The molecule has 0 aliphatic carbocycles. The highest BCUT2D eigenvalue weighted by Crippen LogP contribution is 2.33. The number of methoxy groups -OCH3 is 2. The van der Waals surface area contributed by atoms with E-state index in [-0.39, 0.29) is 6.04 Å². The van der Waals surface area contributed by atoms with Crippen molar-refractivity contribution in [3.05, 3.63) is 52.8 Å². The minimum atomic E-state index is 0.0268. The van der Waals surface area contributed by atoms with Gasteiger partial charge in [-0.2, -0.15) is 0 Å². The summed E-state index contributed by atoms with van der Waals surface area (Å²) in [5.41, 5.74) is 4.25. The molecule has 4 nitrogen and oxygen atoms in total. The van der Waals surface area contributed by atoms with Crippen LogP contribution in [0.5, 0.6) is 11.5 Å². The maximum atomic E-state index is 5.52. The fourth-order valence-electron chi connectivity index (χ4n) is 2.54. The van der Waals surface area contributed by atoms with Gasteiger partial charge in [-0.15, -0.1) is 0 Å². The van der Waals surface area contributed by atoms with Crippen molar-refractivity contribution in [3.63, 3.8) is 0 Å². The molecule has 112 valence electrons. The molecule has 0 saturated carbocycles. The van der Waals surface area contributed by atoms with Gasteiger partial charge in [-0.05, 0) is 44.7 Å². The first kappa shape index (κ1) is 15.3. The summed E-state index contributed by atoms with van der Waals surface area (Å²) in [4.78, 5) is 4.55. The average Bonchev–Trinajstić information content (AvgIpc) is 2.50. The Morgan fingerprint density at radius 1 is 1.00 bits per heavy atom. The van der Waals surface area contributed by atoms with E-state index in [1.54, 1.807) is 14.2 Å². The molecule has 0 aliphatic rings. The highest BCUT2D eigenvalue weighted by molar-refractivity contribution is 5.46. The van der Waals surface area contributed by atoms with Gasteiger partial charge in [-0.25, -0.2) is 0 Å². The van der Waals surface area contributed by atoms with Crippen LogP contribution >= 0.6 is 0 Å². The Labute approximate surface area is 126 Å². The monoisotopic (exact) mass is 286 g/mol. The van der Waals surface area contributed by atoms with Gasteiger partial charge >= 0.3 is 0 Å². The van der Waals surface area contributed by atoms with Gasteiger partial charge in [0.05, 0.1) is 20.3 Å². The third-order valence-electron chi connectivity index (χ3n) is 3.62. The molecule has 1 aromatic carbocycles. The van der Waals surface area contributed by atoms with Crippen LogP contribution in [0.2, 0.25) is 0 Å². The van der Waals surface area contributed by atoms with E-state index < -0.39 is 0 Å². The third kappa shape index (κ3) is 3.16. The van der Waals surface area contributed by atoms with Crippen molar-refractivity contribution < 1.29 is 9.47 Å². The molecule has 2 rings (SSSR count). The van der Waals surface area contributed by atoms with Crippen LogP contribution in [-0.4, -0.2) is 26.3 Å². The molecule has 0 radical (unpaired) electrons. The summed E-state index contributed by atoms with van der Waals surface area (Å²) in [5, 5.41) is 3.35. The molecule has 1 atom stereocenters. The summed E-state index contributed by atoms with van der Waals surface area (Å²) in [6.07, 6.45) is 0. The zero-order valence-electron chi connectivity index (χ0n) is 13.2. The van der Waals surface area contributed by atoms with Gasteiger partial charge in [-0.1, -0.05) is 6.07 Å². The first-order chi connectivity index (χ1) is 10.1. The van der Waals surface area contributed by atoms with Crippen LogP contribution in [-0.2, 0) is 0 Å². The molecule has 2 aromatic rings. The van der Waals surface area contributed by atoms with Crippen LogP contribution in [0.1, 0.15) is 28.6 Å². The van der Waals surface area contributed by atoms with E-state index in [2.05, 4.69) is 16.4 Å². The van der Waals surface area contributed by atoms with Crippen molar-refractivity contribution in [2.75, 3.05) is 21.3 Å². The maximum absolute atomic E-state index is 5.52. The van der Waals surface area contributed by atoms with Gasteiger partial charge in [0.25, 0.3) is 0 Å². The normalized spacial score (nSPS) is 12.0. The van der Waals surface area contributed by atoms with Crippen LogP contribution in [0.3, 0.4) is 0 Å². The Bertz CT molecular complexity index is 626. The minimum absolute atomic E-state index is 0.0268. The maximum Gasteiger partial charge on any atom is 0.127 e. The summed E-state index contributed by atoms with van der Waals surface area (Å²) in [6, 6.07) is 10.0. The van der Waals surface area contributed by atoms with Gasteiger partial charge in [0, 0.05) is 23.0 Å². The largest absolute Gasteiger partial charge is 0.497 e. The number of aromatic nitrogens is 1. The van der Waals surface area contributed by atoms with Gasteiger partial charge < -0.3 is 14.8 Å². The van der Waals surface area contributed by atoms with Gasteiger partial charge in [0.2, 0.25) is 0 Å². The van der Waals surface area contributed by atoms with Crippen molar-refractivity contribution in [2.45, 2.75) is 19.9 Å². The molecule has 0 spiro atoms. The lowest BCUT2D eigenvalue weighted by molar-refractivity contribution is 0.388. The number of nitrogens with zero attached hydrogens (tertiary/aromatic N) is 1. The predicted octanol–water partition coefficient (Wildman–Crippen LogP) is 3.02. The molecule has 1 N–H and O–H groups in total. The van der Waals surface area contributed by atoms with Crippen LogP contribution in [0.15, 0.2) is 30.3 Å². The Morgan fingerprint density at radius 2 is 1.71 bits per heavy atom. The predicted molar refractivity (Wildman–Crippen MR) is 84.2 cm³/mol. The number of hydrogen-bond donors (Lipinski definition) is 1. The Morgan fingerprint density at radius 3 is 2.29 bits per heavy atom. The molecule has 0 aliphatic heterocycles. The van der Waals surface area contributed by atoms with Crippen LogP contribution in [0.4, 0.5) is 0 Å². The molecule has 1 aromatic heterocycles. The molecule has 21 heavy (non-hydrogen) atoms. The van der Waals surface area contributed by atoms with E-state index in [1.807, 2.05) is 45.2 Å². The number of hydrogen-bond acceptors (Lipinski definition) is 4. The Kier molecular flexibility index (Phi) is 4.81. The number of rotatable bonds is 5. The van der Waals surface area contributed by atoms with Crippen molar-refractivity contribution in [2.24, 2.45) is 0 Å². The van der Waals surface area contributed by atoms with Gasteiger partial charge in [0.15, 0.2) is 0 Å². The quantitative estimate of drug-likeness (QED) is 0.917. The number of ether oxygens (including phenoxy) is 2. The third-order valence-corrected chi connectivity index (χ3v) is 3.62. The zero-order valence-corrected chi connectivity index (χ0v) is 13.2. The van der Waals surface area contributed by atoms with Crippen molar-refractivity contribution in [1.29, 1.82) is 0 Å². The summed E-state index contributed by atoms with van der Waals surface area (Å²) in [6.45, 7) is 4.03. The van der Waals surface area contributed by atoms with Crippen molar-refractivity contribution in [1.82, 2.24) is 10.3 Å². The Hall–Kier alpha value is -2.07. The number of pyridine rings is 1. The van der Waals surface area contributed by atoms with Crippen molar-refractivity contribution in [3.8, 4) is 11.5 Å². The highest BCUT2D eigenvalue weighted by atomic mass is 16.5. The smallest absolute Gasteiger partial charge is 0.127 e. The first-order valence-corrected chi connectivity index (χ1v) is 6.94. The van der Waals surface area contributed by atoms with E-state index in [9.17, 15) is 0 Å². The lowest BCUT2D eigenvalue weighted by Crippen LogP contribution is -2.20. The molecule has 4 heteroatoms. The Balaban J connectivity index is 2.50. The fraction of sp³-hybridized carbons (Fsp3) is 0.353. The highest BCUT2D eigenvalue weighted by Gasteiger charge is 2.19. The molecule has 1 heterocycles. The van der Waals surface area contributed by atoms with Gasteiger partial charge in [0.1, 0.15) is 11.5 Å². The topological polar surface area (TPSA) is 43.4 Å². The minimum Gasteiger partial charge on any atom is -0.497 e. The number of nitrogens with one attached hydrogen (secondary N) is 1. The molecule has 0 saturated heterocycles. The molecule has 0 bridgehead atoms. The van der Waals surface area contributed by atoms with E-state index >= 15 is 0 Å². The second kappa shape index (κ2) is 6.59. The summed E-state index contributed by atoms with van der Waals surface area (Å²) in [7, 11) is 5.26. The molecular weight excluding hydrogens is 264 g/mol. The van der Waals surface area contributed by atoms with Crippen LogP contribution in [0, 0.1) is 13.8 Å². The lowest BCUT2D eigenvalue weighted by atomic mass is 9.96.